The summed E-state index contributed by atoms with van der Waals surface area (Å²) in [5, 5.41) is 3.04. The second kappa shape index (κ2) is 6.43. The van der Waals surface area contributed by atoms with E-state index in [-0.39, 0.29) is 0 Å². The number of hydrogen-bond acceptors (Lipinski definition) is 4. The van der Waals surface area contributed by atoms with Crippen molar-refractivity contribution in [3.05, 3.63) is 67.0 Å². The van der Waals surface area contributed by atoms with Crippen molar-refractivity contribution in [2.75, 3.05) is 18.0 Å². The van der Waals surface area contributed by atoms with Gasteiger partial charge in [-0.2, -0.15) is 0 Å². The third-order valence-electron chi connectivity index (χ3n) is 3.86. The minimum atomic E-state index is 0.919. The standard InChI is InChI=1S/C18H20N4/c1-3-19-9-14(2)12-22-7-6-15-4-5-16(8-18(15)22)17-10-20-13-21-11-17/h3-5,8-11,13,19H,1,6-7,12H2,2H3/b14-9+. The molecule has 0 saturated carbocycles. The van der Waals surface area contributed by atoms with E-state index < -0.39 is 0 Å². The van der Waals surface area contributed by atoms with Crippen LogP contribution in [0.25, 0.3) is 11.1 Å². The van der Waals surface area contributed by atoms with Crippen molar-refractivity contribution in [2.45, 2.75) is 13.3 Å². The zero-order valence-corrected chi connectivity index (χ0v) is 12.8. The number of nitrogens with zero attached hydrogens (tertiary/aromatic N) is 3. The highest BCUT2D eigenvalue weighted by Crippen LogP contribution is 2.32. The fourth-order valence-electron chi connectivity index (χ4n) is 2.79. The van der Waals surface area contributed by atoms with Gasteiger partial charge in [0.1, 0.15) is 6.33 Å². The Kier molecular flexibility index (Phi) is 4.19. The number of benzene rings is 1. The monoisotopic (exact) mass is 292 g/mol. The molecule has 0 atom stereocenters. The molecule has 4 heteroatoms. The summed E-state index contributed by atoms with van der Waals surface area (Å²) in [4.78, 5) is 10.6. The van der Waals surface area contributed by atoms with Crippen LogP contribution in [0.4, 0.5) is 5.69 Å². The van der Waals surface area contributed by atoms with Gasteiger partial charge in [0.25, 0.3) is 0 Å². The predicted molar refractivity (Wildman–Crippen MR) is 90.5 cm³/mol. The zero-order valence-electron chi connectivity index (χ0n) is 12.8. The van der Waals surface area contributed by atoms with Crippen LogP contribution in [0.5, 0.6) is 0 Å². The van der Waals surface area contributed by atoms with Crippen molar-refractivity contribution in [1.29, 1.82) is 0 Å². The fourth-order valence-corrected chi connectivity index (χ4v) is 2.79. The molecule has 1 aromatic heterocycles. The zero-order chi connectivity index (χ0) is 15.4. The van der Waals surface area contributed by atoms with E-state index in [9.17, 15) is 0 Å². The Hall–Kier alpha value is -2.62. The van der Waals surface area contributed by atoms with Gasteiger partial charge in [-0.15, -0.1) is 0 Å². The number of aromatic nitrogens is 2. The van der Waals surface area contributed by atoms with Gasteiger partial charge in [-0.1, -0.05) is 18.7 Å². The smallest absolute Gasteiger partial charge is 0.115 e. The maximum absolute atomic E-state index is 4.10. The molecule has 2 heterocycles. The number of nitrogens with one attached hydrogen (secondary N) is 1. The maximum Gasteiger partial charge on any atom is 0.115 e. The van der Waals surface area contributed by atoms with Crippen molar-refractivity contribution in [3.8, 4) is 11.1 Å². The molecule has 0 saturated heterocycles. The van der Waals surface area contributed by atoms with E-state index in [0.717, 1.165) is 30.6 Å². The van der Waals surface area contributed by atoms with E-state index in [4.69, 9.17) is 0 Å². The topological polar surface area (TPSA) is 41.0 Å². The molecule has 0 fully saturated rings. The van der Waals surface area contributed by atoms with Gasteiger partial charge in [0.2, 0.25) is 0 Å². The van der Waals surface area contributed by atoms with Gasteiger partial charge in [-0.3, -0.25) is 0 Å². The number of anilines is 1. The van der Waals surface area contributed by atoms with Crippen molar-refractivity contribution in [2.24, 2.45) is 0 Å². The predicted octanol–water partition coefficient (Wildman–Crippen LogP) is 3.14. The molecular weight excluding hydrogens is 272 g/mol. The quantitative estimate of drug-likeness (QED) is 0.919. The third kappa shape index (κ3) is 3.01. The van der Waals surface area contributed by atoms with E-state index in [1.54, 1.807) is 12.5 Å². The summed E-state index contributed by atoms with van der Waals surface area (Å²) in [6.45, 7) is 7.77. The van der Waals surface area contributed by atoms with E-state index in [1.165, 1.54) is 16.8 Å². The Morgan fingerprint density at radius 1 is 1.32 bits per heavy atom. The molecular formula is C18H20N4. The first-order chi connectivity index (χ1) is 10.8. The van der Waals surface area contributed by atoms with E-state index in [2.05, 4.69) is 51.9 Å². The molecule has 4 nitrogen and oxygen atoms in total. The molecule has 0 amide bonds. The molecule has 2 aromatic rings. The van der Waals surface area contributed by atoms with Crippen LogP contribution in [0.3, 0.4) is 0 Å². The fraction of sp³-hybridized carbons (Fsp3) is 0.222. The normalized spacial score (nSPS) is 13.9. The van der Waals surface area contributed by atoms with Crippen LogP contribution in [0.2, 0.25) is 0 Å². The second-order valence-electron chi connectivity index (χ2n) is 5.50. The summed E-state index contributed by atoms with van der Waals surface area (Å²) in [6, 6.07) is 6.62. The van der Waals surface area contributed by atoms with Crippen LogP contribution in [0.15, 0.2) is 61.5 Å². The average molecular weight is 292 g/mol. The summed E-state index contributed by atoms with van der Waals surface area (Å²) in [6.07, 6.45) is 10.1. The number of fused-ring (bicyclic) bond motifs is 1. The summed E-state index contributed by atoms with van der Waals surface area (Å²) in [5.41, 5.74) is 6.22. The molecule has 1 N–H and O–H groups in total. The Morgan fingerprint density at radius 2 is 2.14 bits per heavy atom. The van der Waals surface area contributed by atoms with Crippen LogP contribution < -0.4 is 10.2 Å². The number of rotatable bonds is 5. The maximum atomic E-state index is 4.10. The minimum absolute atomic E-state index is 0.919. The van der Waals surface area contributed by atoms with Crippen LogP contribution in [-0.4, -0.2) is 23.1 Å². The Balaban J connectivity index is 1.85. The van der Waals surface area contributed by atoms with Gasteiger partial charge in [-0.25, -0.2) is 9.97 Å². The molecule has 0 unspecified atom stereocenters. The Morgan fingerprint density at radius 3 is 2.91 bits per heavy atom. The summed E-state index contributed by atoms with van der Waals surface area (Å²) >= 11 is 0. The molecule has 0 spiro atoms. The molecule has 1 aliphatic rings. The first-order valence-electron chi connectivity index (χ1n) is 7.44. The first kappa shape index (κ1) is 14.3. The first-order valence-corrected chi connectivity index (χ1v) is 7.44. The van der Waals surface area contributed by atoms with Crippen LogP contribution in [0, 0.1) is 0 Å². The SMILES string of the molecule is C=CN/C=C(\C)CN1CCc2ccc(-c3cncnc3)cc21. The molecule has 1 aromatic carbocycles. The van der Waals surface area contributed by atoms with E-state index in [1.807, 2.05) is 18.6 Å². The van der Waals surface area contributed by atoms with Gasteiger partial charge in [0.15, 0.2) is 0 Å². The highest BCUT2D eigenvalue weighted by atomic mass is 15.1. The minimum Gasteiger partial charge on any atom is -0.368 e. The van der Waals surface area contributed by atoms with Crippen LogP contribution in [-0.2, 0) is 6.42 Å². The largest absolute Gasteiger partial charge is 0.368 e. The highest BCUT2D eigenvalue weighted by Gasteiger charge is 2.19. The van der Waals surface area contributed by atoms with Crippen molar-refractivity contribution in [3.63, 3.8) is 0 Å². The lowest BCUT2D eigenvalue weighted by molar-refractivity contribution is 0.873. The molecule has 0 bridgehead atoms. The average Bonchev–Trinajstić information content (AvgIpc) is 2.96. The number of hydrogen-bond donors (Lipinski definition) is 1. The highest BCUT2D eigenvalue weighted by molar-refractivity contribution is 5.71. The lowest BCUT2D eigenvalue weighted by Crippen LogP contribution is -2.23. The van der Waals surface area contributed by atoms with Crippen molar-refractivity contribution in [1.82, 2.24) is 15.3 Å². The third-order valence-corrected chi connectivity index (χ3v) is 3.86. The summed E-state index contributed by atoms with van der Waals surface area (Å²) in [7, 11) is 0. The van der Waals surface area contributed by atoms with Crippen molar-refractivity contribution < 1.29 is 0 Å². The second-order valence-corrected chi connectivity index (χ2v) is 5.50. The van der Waals surface area contributed by atoms with Gasteiger partial charge in [-0.05, 0) is 42.3 Å². The molecule has 22 heavy (non-hydrogen) atoms. The molecule has 3 rings (SSSR count). The van der Waals surface area contributed by atoms with Crippen LogP contribution >= 0.6 is 0 Å². The van der Waals surface area contributed by atoms with Gasteiger partial charge in [0, 0.05) is 42.9 Å². The van der Waals surface area contributed by atoms with Gasteiger partial charge in [0.05, 0.1) is 0 Å². The Labute approximate surface area is 131 Å². The van der Waals surface area contributed by atoms with Crippen molar-refractivity contribution >= 4 is 5.69 Å². The molecule has 112 valence electrons. The summed E-state index contributed by atoms with van der Waals surface area (Å²) in [5.74, 6) is 0. The molecule has 1 aliphatic heterocycles. The molecule has 0 aliphatic carbocycles. The van der Waals surface area contributed by atoms with E-state index in [0.29, 0.717) is 0 Å². The van der Waals surface area contributed by atoms with E-state index >= 15 is 0 Å². The molecule has 0 radical (unpaired) electrons. The lowest BCUT2D eigenvalue weighted by Gasteiger charge is -2.20. The van der Waals surface area contributed by atoms with Crippen LogP contribution in [0.1, 0.15) is 12.5 Å². The van der Waals surface area contributed by atoms with Gasteiger partial charge >= 0.3 is 0 Å². The van der Waals surface area contributed by atoms with Gasteiger partial charge < -0.3 is 10.2 Å². The summed E-state index contributed by atoms with van der Waals surface area (Å²) < 4.78 is 0. The lowest BCUT2D eigenvalue weighted by atomic mass is 10.0. The Bertz CT molecular complexity index is 691.